The van der Waals surface area contributed by atoms with Gasteiger partial charge in [-0.3, -0.25) is 4.79 Å². The van der Waals surface area contributed by atoms with Crippen molar-refractivity contribution in [3.05, 3.63) is 47.5 Å². The van der Waals surface area contributed by atoms with Gasteiger partial charge in [0.15, 0.2) is 0 Å². The highest BCUT2D eigenvalue weighted by Gasteiger charge is 2.35. The molecule has 0 spiro atoms. The number of aliphatic hydroxyl groups is 1. The number of alkyl halides is 1. The number of hydrogen-bond donors (Lipinski definition) is 2. The maximum absolute atomic E-state index is 10.6. The Hall–Kier alpha value is -1.32. The molecule has 28 heavy (non-hydrogen) atoms. The number of unbranched alkanes of at least 4 members (excludes halogenated alkanes) is 3. The summed E-state index contributed by atoms with van der Waals surface area (Å²) in [4.78, 5) is 10.6. The predicted molar refractivity (Wildman–Crippen MR) is 116 cm³/mol. The second-order valence-electron chi connectivity index (χ2n) is 8.05. The van der Waals surface area contributed by atoms with Crippen LogP contribution in [0.15, 0.2) is 36.4 Å². The van der Waals surface area contributed by atoms with E-state index >= 15 is 0 Å². The largest absolute Gasteiger partial charge is 0.481 e. The molecule has 0 unspecified atom stereocenters. The Morgan fingerprint density at radius 2 is 1.93 bits per heavy atom. The number of aliphatic carboxylic acids is 1. The van der Waals surface area contributed by atoms with Crippen LogP contribution in [0.2, 0.25) is 0 Å². The summed E-state index contributed by atoms with van der Waals surface area (Å²) in [6.45, 7) is 2.17. The van der Waals surface area contributed by atoms with E-state index in [1.165, 1.54) is 12.0 Å². The van der Waals surface area contributed by atoms with Gasteiger partial charge in [-0.25, -0.2) is 0 Å². The Morgan fingerprint density at radius 3 is 2.61 bits per heavy atom. The number of benzene rings is 1. The summed E-state index contributed by atoms with van der Waals surface area (Å²) in [5.41, 5.74) is 2.27. The van der Waals surface area contributed by atoms with Crippen LogP contribution in [0, 0.1) is 5.92 Å². The van der Waals surface area contributed by atoms with Crippen molar-refractivity contribution >= 4 is 17.6 Å². The van der Waals surface area contributed by atoms with Gasteiger partial charge in [0.25, 0.3) is 0 Å². The van der Waals surface area contributed by atoms with Gasteiger partial charge in [-0.15, -0.1) is 11.6 Å². The molecule has 0 aliphatic heterocycles. The highest BCUT2D eigenvalue weighted by Crippen LogP contribution is 2.45. The quantitative estimate of drug-likeness (QED) is 0.233. The van der Waals surface area contributed by atoms with Crippen LogP contribution in [-0.2, 0) is 4.79 Å². The molecular weight excluding hydrogens is 372 g/mol. The summed E-state index contributed by atoms with van der Waals surface area (Å²) in [5.74, 6) is 0.142. The van der Waals surface area contributed by atoms with E-state index in [2.05, 4.69) is 43.3 Å². The number of carbonyl (C=O) groups is 1. The molecule has 1 fully saturated rings. The molecule has 0 bridgehead atoms. The van der Waals surface area contributed by atoms with Gasteiger partial charge in [0.2, 0.25) is 0 Å². The number of rotatable bonds is 12. The summed E-state index contributed by atoms with van der Waals surface area (Å²) in [7, 11) is 0. The van der Waals surface area contributed by atoms with Gasteiger partial charge in [0.05, 0.1) is 6.10 Å². The fourth-order valence-electron chi connectivity index (χ4n) is 4.23. The lowest BCUT2D eigenvalue weighted by atomic mass is 9.85. The van der Waals surface area contributed by atoms with Crippen LogP contribution in [0.5, 0.6) is 0 Å². The van der Waals surface area contributed by atoms with Gasteiger partial charge in [-0.05, 0) is 55.6 Å². The van der Waals surface area contributed by atoms with Gasteiger partial charge in [0.1, 0.15) is 0 Å². The lowest BCUT2D eigenvalue weighted by Crippen LogP contribution is -2.13. The number of carboxylic acid groups (broad SMARTS) is 1. The number of aliphatic hydroxyl groups excluding tert-OH is 1. The van der Waals surface area contributed by atoms with Crippen molar-refractivity contribution in [2.75, 3.05) is 0 Å². The van der Waals surface area contributed by atoms with E-state index in [4.69, 9.17) is 16.7 Å². The van der Waals surface area contributed by atoms with Crippen molar-refractivity contribution in [3.8, 4) is 0 Å². The summed E-state index contributed by atoms with van der Waals surface area (Å²) < 4.78 is 0. The normalized spacial score (nSPS) is 23.3. The molecule has 0 saturated heterocycles. The van der Waals surface area contributed by atoms with E-state index in [9.17, 15) is 9.90 Å². The van der Waals surface area contributed by atoms with E-state index in [1.807, 2.05) is 0 Å². The first kappa shape index (κ1) is 23.0. The maximum atomic E-state index is 10.6. The third-order valence-electron chi connectivity index (χ3n) is 5.86. The molecule has 4 atom stereocenters. The van der Waals surface area contributed by atoms with Gasteiger partial charge < -0.3 is 10.2 Å². The number of hydrogen-bond acceptors (Lipinski definition) is 2. The van der Waals surface area contributed by atoms with E-state index < -0.39 is 5.97 Å². The Bertz CT molecular complexity index is 611. The van der Waals surface area contributed by atoms with Crippen LogP contribution < -0.4 is 0 Å². The zero-order chi connectivity index (χ0) is 20.4. The molecule has 0 heterocycles. The van der Waals surface area contributed by atoms with Gasteiger partial charge >= 0.3 is 5.97 Å². The van der Waals surface area contributed by atoms with Gasteiger partial charge in [-0.1, -0.05) is 62.6 Å². The average Bonchev–Trinajstić information content (AvgIpc) is 3.05. The highest BCUT2D eigenvalue weighted by molar-refractivity contribution is 6.21. The first-order valence-corrected chi connectivity index (χ1v) is 11.2. The molecule has 2 N–H and O–H groups in total. The second-order valence-corrected chi connectivity index (χ2v) is 8.61. The minimum absolute atomic E-state index is 0.158. The fraction of sp³-hybridized carbons (Fsp3) is 0.625. The Kier molecular flexibility index (Phi) is 10.1. The van der Waals surface area contributed by atoms with Crippen LogP contribution in [-0.4, -0.2) is 21.6 Å². The lowest BCUT2D eigenvalue weighted by molar-refractivity contribution is -0.137. The molecule has 0 aromatic heterocycles. The van der Waals surface area contributed by atoms with Crippen LogP contribution in [0.4, 0.5) is 0 Å². The summed E-state index contributed by atoms with van der Waals surface area (Å²) in [6.07, 6.45) is 13.0. The second kappa shape index (κ2) is 12.3. The molecule has 156 valence electrons. The van der Waals surface area contributed by atoms with Crippen LogP contribution >= 0.6 is 11.6 Å². The van der Waals surface area contributed by atoms with Gasteiger partial charge in [0, 0.05) is 17.7 Å². The minimum atomic E-state index is -0.729. The maximum Gasteiger partial charge on any atom is 0.303 e. The molecule has 1 aromatic carbocycles. The summed E-state index contributed by atoms with van der Waals surface area (Å²) >= 11 is 6.65. The van der Waals surface area contributed by atoms with E-state index in [-0.39, 0.29) is 17.9 Å². The van der Waals surface area contributed by atoms with E-state index in [0.29, 0.717) is 18.3 Å². The lowest BCUT2D eigenvalue weighted by Gasteiger charge is -2.22. The third-order valence-corrected chi connectivity index (χ3v) is 6.35. The smallest absolute Gasteiger partial charge is 0.303 e. The highest BCUT2D eigenvalue weighted by atomic mass is 35.5. The minimum Gasteiger partial charge on any atom is -0.481 e. The first-order chi connectivity index (χ1) is 13.5. The zero-order valence-electron chi connectivity index (χ0n) is 17.0. The Labute approximate surface area is 174 Å². The van der Waals surface area contributed by atoms with Crippen molar-refractivity contribution in [3.63, 3.8) is 0 Å². The Balaban J connectivity index is 1.90. The molecule has 4 heteroatoms. The predicted octanol–water partition coefficient (Wildman–Crippen LogP) is 6.60. The standard InChI is InChI=1S/C24H35ClO3/c1-2-3-6-10-22(26)18-12-14-20(15-13-18)24-19(16-17-21(24)25)9-7-4-5-8-11-23(27)28/h4,7,12-15,19,21-22,24,26H,2-3,5-6,8-11,16-17H2,1H3,(H,27,28)/b7-4-/t19-,21+,22+,24-/m0/s1. The SMILES string of the molecule is CCCCC[C@@H](O)c1ccc([C@@H]2[C@@H](C/C=C\CCCC(=O)O)CC[C@H]2Cl)cc1. The topological polar surface area (TPSA) is 57.5 Å². The molecule has 1 aliphatic rings. The van der Waals surface area contributed by atoms with Crippen LogP contribution in [0.25, 0.3) is 0 Å². The van der Waals surface area contributed by atoms with Crippen molar-refractivity contribution < 1.29 is 15.0 Å². The average molecular weight is 407 g/mol. The molecule has 3 nitrogen and oxygen atoms in total. The number of halogens is 1. The van der Waals surface area contributed by atoms with Crippen molar-refractivity contribution in [2.24, 2.45) is 5.92 Å². The molecular formula is C24H35ClO3. The summed E-state index contributed by atoms with van der Waals surface area (Å²) in [5, 5.41) is 19.2. The third kappa shape index (κ3) is 7.25. The Morgan fingerprint density at radius 1 is 1.18 bits per heavy atom. The molecule has 1 saturated carbocycles. The fourth-order valence-corrected chi connectivity index (χ4v) is 4.71. The number of allylic oxidation sites excluding steroid dienone is 2. The molecule has 2 rings (SSSR count). The van der Waals surface area contributed by atoms with Crippen LogP contribution in [0.1, 0.15) is 94.3 Å². The van der Waals surface area contributed by atoms with Crippen molar-refractivity contribution in [1.82, 2.24) is 0 Å². The van der Waals surface area contributed by atoms with E-state index in [0.717, 1.165) is 50.5 Å². The monoisotopic (exact) mass is 406 g/mol. The van der Waals surface area contributed by atoms with E-state index in [1.54, 1.807) is 0 Å². The zero-order valence-corrected chi connectivity index (χ0v) is 17.8. The molecule has 1 aliphatic carbocycles. The van der Waals surface area contributed by atoms with Crippen LogP contribution in [0.3, 0.4) is 0 Å². The summed E-state index contributed by atoms with van der Waals surface area (Å²) in [6, 6.07) is 8.42. The molecule has 1 aromatic rings. The molecule has 0 amide bonds. The molecule has 0 radical (unpaired) electrons. The number of carboxylic acids is 1. The van der Waals surface area contributed by atoms with Crippen molar-refractivity contribution in [2.45, 2.75) is 88.5 Å². The van der Waals surface area contributed by atoms with Gasteiger partial charge in [-0.2, -0.15) is 0 Å². The first-order valence-electron chi connectivity index (χ1n) is 10.8. The van der Waals surface area contributed by atoms with Crippen molar-refractivity contribution in [1.29, 1.82) is 0 Å².